The average molecular weight is 525 g/mol. The van der Waals surface area contributed by atoms with Crippen LogP contribution in [0.3, 0.4) is 0 Å². The van der Waals surface area contributed by atoms with Crippen molar-refractivity contribution < 1.29 is 9.90 Å². The highest BCUT2D eigenvalue weighted by atomic mass is 16.3. The molecule has 1 N–H and O–H groups in total. The maximum Gasteiger partial charge on any atom is 0.229 e. The molecule has 11 unspecified atom stereocenters. The molecular formula is C34H56N2O2. The summed E-state index contributed by atoms with van der Waals surface area (Å²) in [4.78, 5) is 19.7. The molecule has 38 heavy (non-hydrogen) atoms. The second kappa shape index (κ2) is 9.47. The number of rotatable bonds is 3. The van der Waals surface area contributed by atoms with E-state index in [0.717, 1.165) is 37.3 Å². The summed E-state index contributed by atoms with van der Waals surface area (Å²) in [6, 6.07) is 0.473. The summed E-state index contributed by atoms with van der Waals surface area (Å²) in [6.07, 6.45) is 18.9. The van der Waals surface area contributed by atoms with Crippen molar-refractivity contribution in [2.24, 2.45) is 51.8 Å². The Labute approximate surface area is 232 Å². The van der Waals surface area contributed by atoms with Gasteiger partial charge in [-0.1, -0.05) is 27.2 Å². The molecule has 2 saturated heterocycles. The van der Waals surface area contributed by atoms with Crippen LogP contribution in [0.5, 0.6) is 0 Å². The van der Waals surface area contributed by atoms with Crippen LogP contribution in [0.4, 0.5) is 0 Å². The second-order valence-corrected chi connectivity index (χ2v) is 16.0. The van der Waals surface area contributed by atoms with E-state index in [4.69, 9.17) is 0 Å². The Balaban J connectivity index is 1.12. The number of aliphatic hydroxyl groups excluding tert-OH is 1. The monoisotopic (exact) mass is 524 g/mol. The van der Waals surface area contributed by atoms with E-state index in [1.54, 1.807) is 0 Å². The summed E-state index contributed by atoms with van der Waals surface area (Å²) < 4.78 is 0. The Kier molecular flexibility index (Phi) is 6.55. The van der Waals surface area contributed by atoms with Gasteiger partial charge in [-0.15, -0.1) is 0 Å². The Bertz CT molecular complexity index is 916. The molecule has 7 rings (SSSR count). The zero-order valence-corrected chi connectivity index (χ0v) is 24.8. The summed E-state index contributed by atoms with van der Waals surface area (Å²) in [5, 5.41) is 10.7. The zero-order chi connectivity index (χ0) is 26.3. The highest BCUT2D eigenvalue weighted by molar-refractivity contribution is 5.84. The molecule has 0 bridgehead atoms. The molecule has 5 aliphatic carbocycles. The predicted octanol–water partition coefficient (Wildman–Crippen LogP) is 6.51. The molecule has 0 aromatic rings. The van der Waals surface area contributed by atoms with Gasteiger partial charge in [0.2, 0.25) is 5.91 Å². The Morgan fingerprint density at radius 2 is 1.50 bits per heavy atom. The minimum Gasteiger partial charge on any atom is -0.393 e. The number of aliphatic hydroxyl groups is 1. The number of hydrogen-bond donors (Lipinski definition) is 1. The van der Waals surface area contributed by atoms with Gasteiger partial charge in [-0.05, 0) is 149 Å². The molecule has 7 aliphatic rings. The molecule has 2 aliphatic heterocycles. The standard InChI is InChI=1S/C34H56N2O2/c1-23-26-12-16-33(3)27-13-18-34(31(38)36-21-7-8-24(36)22-35-19-4-5-20-35)15-6-9-28(34)25(27)10-11-30(33)32(26,2)17-14-29(23)37/h23-30,37H,4-22H2,1-3H3. The average Bonchev–Trinajstić information content (AvgIpc) is 3.67. The predicted molar refractivity (Wildman–Crippen MR) is 152 cm³/mol. The van der Waals surface area contributed by atoms with Gasteiger partial charge in [0.1, 0.15) is 0 Å². The van der Waals surface area contributed by atoms with Crippen molar-refractivity contribution in [1.29, 1.82) is 0 Å². The third kappa shape index (κ3) is 3.70. The molecule has 7 fully saturated rings. The largest absolute Gasteiger partial charge is 0.393 e. The number of carbonyl (C=O) groups is 1. The van der Waals surface area contributed by atoms with Crippen molar-refractivity contribution in [3.63, 3.8) is 0 Å². The van der Waals surface area contributed by atoms with Crippen molar-refractivity contribution in [2.45, 2.75) is 129 Å². The van der Waals surface area contributed by atoms with Gasteiger partial charge in [-0.25, -0.2) is 0 Å². The van der Waals surface area contributed by atoms with Crippen LogP contribution in [-0.4, -0.2) is 59.1 Å². The lowest BCUT2D eigenvalue weighted by atomic mass is 9.37. The Morgan fingerprint density at radius 3 is 2.32 bits per heavy atom. The van der Waals surface area contributed by atoms with E-state index in [0.29, 0.717) is 40.5 Å². The first-order valence-corrected chi connectivity index (χ1v) is 17.0. The first-order valence-electron chi connectivity index (χ1n) is 17.0. The molecule has 0 aromatic carbocycles. The highest BCUT2D eigenvalue weighted by Gasteiger charge is 2.66. The van der Waals surface area contributed by atoms with Crippen LogP contribution < -0.4 is 0 Å². The molecule has 2 heterocycles. The fraction of sp³-hybridized carbons (Fsp3) is 0.971. The molecule has 0 spiro atoms. The molecule has 4 heteroatoms. The van der Waals surface area contributed by atoms with E-state index in [1.165, 1.54) is 103 Å². The van der Waals surface area contributed by atoms with Crippen LogP contribution in [-0.2, 0) is 4.79 Å². The van der Waals surface area contributed by atoms with E-state index in [1.807, 2.05) is 0 Å². The smallest absolute Gasteiger partial charge is 0.229 e. The quantitative estimate of drug-likeness (QED) is 0.458. The van der Waals surface area contributed by atoms with Crippen LogP contribution in [0.2, 0.25) is 0 Å². The van der Waals surface area contributed by atoms with Gasteiger partial charge in [0.25, 0.3) is 0 Å². The maximum absolute atomic E-state index is 14.6. The third-order valence-corrected chi connectivity index (χ3v) is 14.8. The molecule has 4 nitrogen and oxygen atoms in total. The summed E-state index contributed by atoms with van der Waals surface area (Å²) in [6.45, 7) is 12.3. The van der Waals surface area contributed by atoms with Crippen LogP contribution in [0.25, 0.3) is 0 Å². The lowest BCUT2D eigenvalue weighted by molar-refractivity contribution is -0.198. The minimum atomic E-state index is -0.0894. The van der Waals surface area contributed by atoms with Gasteiger partial charge < -0.3 is 14.9 Å². The van der Waals surface area contributed by atoms with Gasteiger partial charge in [-0.3, -0.25) is 4.79 Å². The van der Waals surface area contributed by atoms with E-state index in [2.05, 4.69) is 30.6 Å². The number of amides is 1. The molecule has 0 radical (unpaired) electrons. The molecule has 11 atom stereocenters. The summed E-state index contributed by atoms with van der Waals surface area (Å²) >= 11 is 0. The summed E-state index contributed by atoms with van der Waals surface area (Å²) in [7, 11) is 0. The second-order valence-electron chi connectivity index (χ2n) is 16.0. The maximum atomic E-state index is 14.6. The fourth-order valence-corrected chi connectivity index (χ4v) is 13.0. The number of carbonyl (C=O) groups excluding carboxylic acids is 1. The van der Waals surface area contributed by atoms with Crippen molar-refractivity contribution >= 4 is 5.91 Å². The van der Waals surface area contributed by atoms with Crippen molar-refractivity contribution in [3.8, 4) is 0 Å². The number of fused-ring (bicyclic) bond motifs is 7. The minimum absolute atomic E-state index is 0.0392. The van der Waals surface area contributed by atoms with Gasteiger partial charge >= 0.3 is 0 Å². The van der Waals surface area contributed by atoms with Crippen LogP contribution >= 0.6 is 0 Å². The van der Waals surface area contributed by atoms with Gasteiger partial charge in [0.15, 0.2) is 0 Å². The highest BCUT2D eigenvalue weighted by Crippen LogP contribution is 2.72. The molecular weight excluding hydrogens is 468 g/mol. The fourth-order valence-electron chi connectivity index (χ4n) is 13.0. The first-order chi connectivity index (χ1) is 18.3. The number of hydrogen-bond acceptors (Lipinski definition) is 3. The van der Waals surface area contributed by atoms with Crippen LogP contribution in [0.1, 0.15) is 117 Å². The molecule has 0 aromatic heterocycles. The molecule has 214 valence electrons. The van der Waals surface area contributed by atoms with E-state index >= 15 is 0 Å². The topological polar surface area (TPSA) is 43.8 Å². The zero-order valence-electron chi connectivity index (χ0n) is 24.8. The van der Waals surface area contributed by atoms with E-state index in [-0.39, 0.29) is 11.5 Å². The summed E-state index contributed by atoms with van der Waals surface area (Å²) in [5.41, 5.74) is 0.789. The summed E-state index contributed by atoms with van der Waals surface area (Å²) in [5.74, 6) is 4.76. The first kappa shape index (κ1) is 26.3. The SMILES string of the molecule is CC1C(O)CCC2(C)C1CCC1(C)C3CCC4(C(=O)N5CCCC5CN5CCCC5)CCCC4C3CCC21. The number of nitrogens with zero attached hydrogens (tertiary/aromatic N) is 2. The lowest BCUT2D eigenvalue weighted by Gasteiger charge is -2.67. The normalized spacial score (nSPS) is 52.8. The Hall–Kier alpha value is -0.610. The lowest BCUT2D eigenvalue weighted by Crippen LogP contribution is -2.62. The van der Waals surface area contributed by atoms with E-state index < -0.39 is 0 Å². The van der Waals surface area contributed by atoms with Gasteiger partial charge in [-0.2, -0.15) is 0 Å². The van der Waals surface area contributed by atoms with E-state index in [9.17, 15) is 9.90 Å². The number of likely N-dealkylation sites (tertiary alicyclic amines) is 2. The van der Waals surface area contributed by atoms with Crippen molar-refractivity contribution in [3.05, 3.63) is 0 Å². The van der Waals surface area contributed by atoms with Crippen LogP contribution in [0.15, 0.2) is 0 Å². The van der Waals surface area contributed by atoms with Crippen molar-refractivity contribution in [2.75, 3.05) is 26.2 Å². The molecule has 1 amide bonds. The van der Waals surface area contributed by atoms with Crippen molar-refractivity contribution in [1.82, 2.24) is 9.80 Å². The van der Waals surface area contributed by atoms with Gasteiger partial charge in [0, 0.05) is 19.1 Å². The Morgan fingerprint density at radius 1 is 0.763 bits per heavy atom. The molecule has 5 saturated carbocycles. The van der Waals surface area contributed by atoms with Gasteiger partial charge in [0.05, 0.1) is 11.5 Å². The third-order valence-electron chi connectivity index (χ3n) is 14.8. The van der Waals surface area contributed by atoms with Crippen LogP contribution in [0, 0.1) is 51.8 Å².